The van der Waals surface area contributed by atoms with Gasteiger partial charge in [0.05, 0.1) is 33.9 Å². The minimum atomic E-state index is -4.20. The SMILES string of the molecule is CCCCc1ccc(Nc2ccc(Nc3ccc(CCCC)cc3S(=O)(=O)Cl)c3c2C(=O)c2ccccc2C3=O)c(S(=O)(=O)Cl)c1. The van der Waals surface area contributed by atoms with Crippen molar-refractivity contribution < 1.29 is 26.4 Å². The van der Waals surface area contributed by atoms with Crippen molar-refractivity contribution in [2.45, 2.75) is 62.2 Å². The number of nitrogens with one attached hydrogen (secondary N) is 2. The molecule has 46 heavy (non-hydrogen) atoms. The van der Waals surface area contributed by atoms with Gasteiger partial charge in [0.25, 0.3) is 18.1 Å². The number of aryl methyl sites for hydroxylation is 2. The molecular weight excluding hydrogens is 667 g/mol. The molecule has 0 amide bonds. The minimum absolute atomic E-state index is 0.00322. The maximum atomic E-state index is 14.0. The number of unbranched alkanes of at least 4 members (excludes halogenated alkanes) is 2. The third kappa shape index (κ3) is 7.00. The summed E-state index contributed by atoms with van der Waals surface area (Å²) >= 11 is 0. The van der Waals surface area contributed by atoms with Gasteiger partial charge in [-0.15, -0.1) is 0 Å². The summed E-state index contributed by atoms with van der Waals surface area (Å²) in [6, 6.07) is 19.2. The van der Waals surface area contributed by atoms with Crippen LogP contribution >= 0.6 is 21.4 Å². The van der Waals surface area contributed by atoms with Crippen LogP contribution in [0.15, 0.2) is 82.6 Å². The predicted octanol–water partition coefficient (Wildman–Crippen LogP) is 8.49. The zero-order valence-corrected chi connectivity index (χ0v) is 28.3. The molecule has 4 aromatic rings. The van der Waals surface area contributed by atoms with E-state index in [0.29, 0.717) is 12.8 Å². The van der Waals surface area contributed by atoms with Crippen molar-refractivity contribution in [3.05, 3.63) is 106 Å². The van der Waals surface area contributed by atoms with Crippen molar-refractivity contribution in [2.75, 3.05) is 10.6 Å². The number of ketones is 2. The summed E-state index contributed by atoms with van der Waals surface area (Å²) < 4.78 is 50.5. The number of halogens is 2. The molecule has 8 nitrogen and oxygen atoms in total. The van der Waals surface area contributed by atoms with Crippen molar-refractivity contribution in [1.29, 1.82) is 0 Å². The monoisotopic (exact) mass is 698 g/mol. The fourth-order valence-corrected chi connectivity index (χ4v) is 7.65. The molecule has 0 aliphatic heterocycles. The quantitative estimate of drug-likeness (QED) is 0.124. The number of fused-ring (bicyclic) bond motifs is 2. The molecule has 0 atom stereocenters. The Morgan fingerprint density at radius 1 is 0.565 bits per heavy atom. The summed E-state index contributed by atoms with van der Waals surface area (Å²) in [6.07, 6.45) is 4.90. The molecule has 2 N–H and O–H groups in total. The van der Waals surface area contributed by atoms with Crippen LogP contribution in [0.2, 0.25) is 0 Å². The Labute approximate surface area is 278 Å². The van der Waals surface area contributed by atoms with Crippen LogP contribution in [0.5, 0.6) is 0 Å². The van der Waals surface area contributed by atoms with Gasteiger partial charge < -0.3 is 10.6 Å². The molecule has 0 saturated heterocycles. The second kappa shape index (κ2) is 13.6. The van der Waals surface area contributed by atoms with E-state index < -0.39 is 29.7 Å². The smallest absolute Gasteiger partial charge is 0.263 e. The van der Waals surface area contributed by atoms with Gasteiger partial charge in [-0.05, 0) is 73.2 Å². The van der Waals surface area contributed by atoms with Crippen molar-refractivity contribution in [3.63, 3.8) is 0 Å². The number of carbonyl (C=O) groups excluding carboxylic acids is 2. The molecule has 0 spiro atoms. The molecule has 0 fully saturated rings. The highest BCUT2D eigenvalue weighted by molar-refractivity contribution is 8.14. The number of rotatable bonds is 12. The lowest BCUT2D eigenvalue weighted by Crippen LogP contribution is -2.23. The highest BCUT2D eigenvalue weighted by Crippen LogP contribution is 2.41. The van der Waals surface area contributed by atoms with E-state index in [1.807, 2.05) is 13.8 Å². The third-order valence-corrected chi connectivity index (χ3v) is 10.6. The number of hydrogen-bond donors (Lipinski definition) is 2. The van der Waals surface area contributed by atoms with Crippen molar-refractivity contribution >= 4 is 73.8 Å². The van der Waals surface area contributed by atoms with Gasteiger partial charge in [0.1, 0.15) is 9.79 Å². The molecule has 4 aromatic carbocycles. The molecule has 0 heterocycles. The average molecular weight is 700 g/mol. The van der Waals surface area contributed by atoms with Crippen LogP contribution in [0, 0.1) is 0 Å². The molecule has 12 heteroatoms. The number of carbonyl (C=O) groups is 2. The molecule has 1 aliphatic rings. The fraction of sp³-hybridized carbons (Fsp3) is 0.235. The summed E-state index contributed by atoms with van der Waals surface area (Å²) in [7, 11) is 3.30. The van der Waals surface area contributed by atoms with Crippen LogP contribution in [0.4, 0.5) is 22.7 Å². The molecule has 5 rings (SSSR count). The van der Waals surface area contributed by atoms with Gasteiger partial charge in [0.15, 0.2) is 11.6 Å². The van der Waals surface area contributed by atoms with Gasteiger partial charge in [-0.3, -0.25) is 9.59 Å². The number of hydrogen-bond acceptors (Lipinski definition) is 8. The predicted molar refractivity (Wildman–Crippen MR) is 182 cm³/mol. The first-order chi connectivity index (χ1) is 21.8. The van der Waals surface area contributed by atoms with Gasteiger partial charge in [0.2, 0.25) is 0 Å². The van der Waals surface area contributed by atoms with E-state index in [-0.39, 0.29) is 54.8 Å². The van der Waals surface area contributed by atoms with Crippen LogP contribution < -0.4 is 10.6 Å². The van der Waals surface area contributed by atoms with E-state index in [1.165, 1.54) is 24.3 Å². The maximum absolute atomic E-state index is 14.0. The lowest BCUT2D eigenvalue weighted by molar-refractivity contribution is 0.0980. The van der Waals surface area contributed by atoms with Crippen LogP contribution in [0.1, 0.15) is 82.5 Å². The summed E-state index contributed by atoms with van der Waals surface area (Å²) in [5.74, 6) is -0.933. The van der Waals surface area contributed by atoms with E-state index in [9.17, 15) is 26.4 Å². The van der Waals surface area contributed by atoms with Gasteiger partial charge >= 0.3 is 0 Å². The van der Waals surface area contributed by atoms with Crippen molar-refractivity contribution in [3.8, 4) is 0 Å². The Hall–Kier alpha value is -3.70. The van der Waals surface area contributed by atoms with E-state index in [4.69, 9.17) is 21.4 Å². The van der Waals surface area contributed by atoms with E-state index in [0.717, 1.165) is 36.8 Å². The minimum Gasteiger partial charge on any atom is -0.354 e. The topological polar surface area (TPSA) is 126 Å². The summed E-state index contributed by atoms with van der Waals surface area (Å²) in [6.45, 7) is 4.07. The Morgan fingerprint density at radius 3 is 1.28 bits per heavy atom. The maximum Gasteiger partial charge on any atom is 0.263 e. The second-order valence-corrected chi connectivity index (χ2v) is 16.2. The fourth-order valence-electron chi connectivity index (χ4n) is 5.54. The van der Waals surface area contributed by atoms with Gasteiger partial charge in [-0.25, -0.2) is 16.8 Å². The van der Waals surface area contributed by atoms with Gasteiger partial charge in [-0.2, -0.15) is 0 Å². The van der Waals surface area contributed by atoms with Gasteiger partial charge in [-0.1, -0.05) is 63.1 Å². The molecule has 0 bridgehead atoms. The Morgan fingerprint density at radius 2 is 0.935 bits per heavy atom. The van der Waals surface area contributed by atoms with Crippen LogP contribution in [-0.4, -0.2) is 28.4 Å². The number of anilines is 4. The lowest BCUT2D eigenvalue weighted by atomic mass is 9.82. The average Bonchev–Trinajstić information content (AvgIpc) is 3.02. The molecule has 0 saturated carbocycles. The molecule has 0 radical (unpaired) electrons. The third-order valence-electron chi connectivity index (χ3n) is 7.87. The van der Waals surface area contributed by atoms with Crippen LogP contribution in [0.25, 0.3) is 0 Å². The Bertz CT molecular complexity index is 1930. The molecule has 240 valence electrons. The molecule has 0 unspecified atom stereocenters. The van der Waals surface area contributed by atoms with E-state index >= 15 is 0 Å². The van der Waals surface area contributed by atoms with Crippen LogP contribution in [0.3, 0.4) is 0 Å². The Kier molecular flexibility index (Phi) is 9.93. The highest BCUT2D eigenvalue weighted by Gasteiger charge is 2.35. The highest BCUT2D eigenvalue weighted by atomic mass is 35.7. The number of benzene rings is 4. The zero-order valence-electron chi connectivity index (χ0n) is 25.2. The summed E-state index contributed by atoms with van der Waals surface area (Å²) in [5, 5.41) is 6.09. The summed E-state index contributed by atoms with van der Waals surface area (Å²) in [4.78, 5) is 27.7. The van der Waals surface area contributed by atoms with Crippen LogP contribution in [-0.2, 0) is 30.9 Å². The summed E-state index contributed by atoms with van der Waals surface area (Å²) in [5.41, 5.74) is 2.57. The van der Waals surface area contributed by atoms with Gasteiger partial charge in [0, 0.05) is 32.5 Å². The molecule has 0 aromatic heterocycles. The van der Waals surface area contributed by atoms with Crippen molar-refractivity contribution in [1.82, 2.24) is 0 Å². The molecule has 1 aliphatic carbocycles. The normalized spacial score (nSPS) is 12.9. The second-order valence-electron chi connectivity index (χ2n) is 11.1. The van der Waals surface area contributed by atoms with Crippen molar-refractivity contribution in [2.24, 2.45) is 0 Å². The molecular formula is C34H32Cl2N2O6S2. The largest absolute Gasteiger partial charge is 0.354 e. The van der Waals surface area contributed by atoms with E-state index in [2.05, 4.69) is 10.6 Å². The van der Waals surface area contributed by atoms with E-state index in [1.54, 1.807) is 48.5 Å². The Balaban J connectivity index is 1.66. The first kappa shape index (κ1) is 33.7. The first-order valence-corrected chi connectivity index (χ1v) is 19.5. The first-order valence-electron chi connectivity index (χ1n) is 14.9. The standard InChI is InChI=1S/C34H32Cl2N2O6S2/c1-3-5-9-21-13-15-25(29(19-21)45(35,41)42)37-27-17-18-28(32-31(27)33(39)23-11-7-8-12-24(23)34(32)40)38-26-16-14-22(10-6-4-2)20-30(26)46(36,43)44/h7-8,11-20,37-38H,3-6,9-10H2,1-2H3. The lowest BCUT2D eigenvalue weighted by Gasteiger charge is -2.24. The zero-order chi connectivity index (χ0) is 33.2.